The molecule has 1 rings (SSSR count). The number of carbonyl (C=O) groups excluding carboxylic acids is 3. The predicted molar refractivity (Wildman–Crippen MR) is 99.5 cm³/mol. The topological polar surface area (TPSA) is 80.6 Å². The van der Waals surface area contributed by atoms with Crippen LogP contribution in [0, 0.1) is 5.92 Å². The van der Waals surface area contributed by atoms with E-state index in [-0.39, 0.29) is 30.3 Å². The number of aromatic nitrogens is 1. The van der Waals surface area contributed by atoms with Gasteiger partial charge in [-0.15, -0.1) is 0 Å². The molecule has 0 spiro atoms. The monoisotopic (exact) mass is 363 g/mol. The SMILES string of the molecule is CCOC(=O)/C(C)=C/[C@H](C(C)C)N(C)C(=O)CNC(=O)c1cccn1C. The van der Waals surface area contributed by atoms with E-state index in [0.717, 1.165) is 0 Å². The second-order valence-electron chi connectivity index (χ2n) is 6.50. The lowest BCUT2D eigenvalue weighted by molar-refractivity contribution is -0.138. The van der Waals surface area contributed by atoms with Gasteiger partial charge in [-0.2, -0.15) is 0 Å². The largest absolute Gasteiger partial charge is 0.463 e. The molecule has 0 radical (unpaired) electrons. The molecule has 26 heavy (non-hydrogen) atoms. The van der Waals surface area contributed by atoms with Crippen molar-refractivity contribution < 1.29 is 19.1 Å². The number of aryl methyl sites for hydroxylation is 1. The number of nitrogens with zero attached hydrogens (tertiary/aromatic N) is 2. The van der Waals surface area contributed by atoms with E-state index in [0.29, 0.717) is 17.9 Å². The number of amides is 2. The summed E-state index contributed by atoms with van der Waals surface area (Å²) in [5.41, 5.74) is 0.942. The zero-order chi connectivity index (χ0) is 19.9. The van der Waals surface area contributed by atoms with Crippen molar-refractivity contribution in [1.29, 1.82) is 0 Å². The van der Waals surface area contributed by atoms with E-state index in [1.54, 1.807) is 61.8 Å². The lowest BCUT2D eigenvalue weighted by Gasteiger charge is -2.29. The predicted octanol–water partition coefficient (Wildman–Crippen LogP) is 1.75. The van der Waals surface area contributed by atoms with Gasteiger partial charge in [0.15, 0.2) is 0 Å². The number of hydrogen-bond acceptors (Lipinski definition) is 4. The van der Waals surface area contributed by atoms with Crippen molar-refractivity contribution in [3.8, 4) is 0 Å². The van der Waals surface area contributed by atoms with Gasteiger partial charge in [-0.05, 0) is 31.9 Å². The van der Waals surface area contributed by atoms with E-state index in [9.17, 15) is 14.4 Å². The zero-order valence-electron chi connectivity index (χ0n) is 16.4. The van der Waals surface area contributed by atoms with Gasteiger partial charge in [0.25, 0.3) is 5.91 Å². The molecule has 0 aliphatic heterocycles. The van der Waals surface area contributed by atoms with Gasteiger partial charge in [-0.3, -0.25) is 9.59 Å². The molecule has 1 heterocycles. The first-order chi connectivity index (χ1) is 12.2. The molecule has 7 nitrogen and oxygen atoms in total. The molecule has 2 amide bonds. The number of likely N-dealkylation sites (N-methyl/N-ethyl adjacent to an activating group) is 1. The number of nitrogens with one attached hydrogen (secondary N) is 1. The first-order valence-corrected chi connectivity index (χ1v) is 8.69. The van der Waals surface area contributed by atoms with E-state index in [4.69, 9.17) is 4.74 Å². The molecule has 1 aromatic rings. The van der Waals surface area contributed by atoms with E-state index in [1.807, 2.05) is 13.8 Å². The Balaban J connectivity index is 2.76. The Morgan fingerprint density at radius 3 is 2.50 bits per heavy atom. The summed E-state index contributed by atoms with van der Waals surface area (Å²) in [7, 11) is 3.43. The smallest absolute Gasteiger partial charge is 0.333 e. The third-order valence-electron chi connectivity index (χ3n) is 4.12. The van der Waals surface area contributed by atoms with Gasteiger partial charge in [0.2, 0.25) is 5.91 Å². The molecule has 7 heteroatoms. The summed E-state index contributed by atoms with van der Waals surface area (Å²) in [5, 5.41) is 2.63. The first-order valence-electron chi connectivity index (χ1n) is 8.69. The van der Waals surface area contributed by atoms with Crippen molar-refractivity contribution in [2.24, 2.45) is 13.0 Å². The molecular formula is C19H29N3O4. The van der Waals surface area contributed by atoms with Crippen LogP contribution in [0.4, 0.5) is 0 Å². The summed E-state index contributed by atoms with van der Waals surface area (Å²) < 4.78 is 6.67. The maximum Gasteiger partial charge on any atom is 0.333 e. The quantitative estimate of drug-likeness (QED) is 0.564. The fraction of sp³-hybridized carbons (Fsp3) is 0.526. The number of rotatable bonds is 8. The van der Waals surface area contributed by atoms with Crippen molar-refractivity contribution in [2.75, 3.05) is 20.2 Å². The van der Waals surface area contributed by atoms with E-state index in [1.165, 1.54) is 0 Å². The minimum atomic E-state index is -0.393. The van der Waals surface area contributed by atoms with Gasteiger partial charge in [-0.1, -0.05) is 19.9 Å². The summed E-state index contributed by atoms with van der Waals surface area (Å²) in [4.78, 5) is 38.0. The summed E-state index contributed by atoms with van der Waals surface area (Å²) in [6, 6.07) is 3.17. The Morgan fingerprint density at radius 1 is 1.35 bits per heavy atom. The number of ether oxygens (including phenoxy) is 1. The van der Waals surface area contributed by atoms with Crippen molar-refractivity contribution in [1.82, 2.24) is 14.8 Å². The van der Waals surface area contributed by atoms with Crippen LogP contribution >= 0.6 is 0 Å². The second-order valence-corrected chi connectivity index (χ2v) is 6.50. The van der Waals surface area contributed by atoms with E-state index < -0.39 is 5.97 Å². The zero-order valence-corrected chi connectivity index (χ0v) is 16.4. The lowest BCUT2D eigenvalue weighted by Crippen LogP contribution is -2.45. The van der Waals surface area contributed by atoms with Crippen LogP contribution in [0.25, 0.3) is 0 Å². The third-order valence-corrected chi connectivity index (χ3v) is 4.12. The molecule has 0 saturated heterocycles. The average Bonchev–Trinajstić information content (AvgIpc) is 3.02. The van der Waals surface area contributed by atoms with Crippen LogP contribution in [-0.2, 0) is 21.4 Å². The van der Waals surface area contributed by atoms with Crippen LogP contribution in [0.15, 0.2) is 30.0 Å². The van der Waals surface area contributed by atoms with Crippen LogP contribution in [0.5, 0.6) is 0 Å². The highest BCUT2D eigenvalue weighted by Crippen LogP contribution is 2.14. The molecule has 1 N–H and O–H groups in total. The third kappa shape index (κ3) is 5.75. The highest BCUT2D eigenvalue weighted by Gasteiger charge is 2.23. The Morgan fingerprint density at radius 2 is 2.00 bits per heavy atom. The molecule has 1 aromatic heterocycles. The van der Waals surface area contributed by atoms with Gasteiger partial charge in [0.1, 0.15) is 5.69 Å². The normalized spacial score (nSPS) is 12.7. The van der Waals surface area contributed by atoms with Gasteiger partial charge in [-0.25, -0.2) is 4.79 Å². The van der Waals surface area contributed by atoms with Crippen molar-refractivity contribution in [3.05, 3.63) is 35.7 Å². The molecule has 0 aromatic carbocycles. The molecule has 144 valence electrons. The summed E-state index contributed by atoms with van der Waals surface area (Å²) in [6.45, 7) is 7.53. The summed E-state index contributed by atoms with van der Waals surface area (Å²) in [5.74, 6) is -0.842. The molecule has 0 aliphatic carbocycles. The minimum Gasteiger partial charge on any atom is -0.463 e. The van der Waals surface area contributed by atoms with Crippen molar-refractivity contribution in [3.63, 3.8) is 0 Å². The molecule has 0 unspecified atom stereocenters. The van der Waals surface area contributed by atoms with Crippen LogP contribution in [-0.4, -0.2) is 53.5 Å². The molecular weight excluding hydrogens is 334 g/mol. The van der Waals surface area contributed by atoms with Gasteiger partial charge >= 0.3 is 5.97 Å². The van der Waals surface area contributed by atoms with Gasteiger partial charge in [0.05, 0.1) is 19.2 Å². The molecule has 0 saturated carbocycles. The molecule has 0 fully saturated rings. The number of esters is 1. The Labute approximate surface area is 155 Å². The van der Waals surface area contributed by atoms with E-state index in [2.05, 4.69) is 5.32 Å². The van der Waals surface area contributed by atoms with Crippen LogP contribution < -0.4 is 5.32 Å². The second kappa shape index (κ2) is 9.79. The van der Waals surface area contributed by atoms with E-state index >= 15 is 0 Å². The highest BCUT2D eigenvalue weighted by atomic mass is 16.5. The highest BCUT2D eigenvalue weighted by molar-refractivity contribution is 5.95. The Bertz CT molecular complexity index is 676. The molecule has 0 bridgehead atoms. The average molecular weight is 363 g/mol. The lowest BCUT2D eigenvalue weighted by atomic mass is 10.00. The maximum absolute atomic E-state index is 12.5. The standard InChI is InChI=1S/C19H29N3O4/c1-7-26-19(25)14(4)11-16(13(2)3)22(6)17(23)12-20-18(24)15-9-8-10-21(15)5/h8-11,13,16H,7,12H2,1-6H3,(H,20,24)/b14-11+/t16-/m1/s1. The minimum absolute atomic E-state index is 0.0944. The van der Waals surface area contributed by atoms with Crippen molar-refractivity contribution in [2.45, 2.75) is 33.7 Å². The summed E-state index contributed by atoms with van der Waals surface area (Å²) in [6.07, 6.45) is 3.50. The molecule has 1 atom stereocenters. The first kappa shape index (κ1) is 21.5. The number of hydrogen-bond donors (Lipinski definition) is 1. The van der Waals surface area contributed by atoms with Crippen LogP contribution in [0.3, 0.4) is 0 Å². The number of carbonyl (C=O) groups is 3. The fourth-order valence-corrected chi connectivity index (χ4v) is 2.56. The Hall–Kier alpha value is -2.57. The van der Waals surface area contributed by atoms with Crippen molar-refractivity contribution >= 4 is 17.8 Å². The van der Waals surface area contributed by atoms with Crippen LogP contribution in [0.1, 0.15) is 38.2 Å². The van der Waals surface area contributed by atoms with Gasteiger partial charge < -0.3 is 19.5 Å². The molecule has 0 aliphatic rings. The Kier molecular flexibility index (Phi) is 8.09. The fourth-order valence-electron chi connectivity index (χ4n) is 2.56. The van der Waals surface area contributed by atoms with Gasteiger partial charge in [0, 0.05) is 25.9 Å². The van der Waals surface area contributed by atoms with Crippen LogP contribution in [0.2, 0.25) is 0 Å². The summed E-state index contributed by atoms with van der Waals surface area (Å²) >= 11 is 0. The maximum atomic E-state index is 12.5.